The molecule has 1 heterocycles. The molecule has 3 nitrogen and oxygen atoms in total. The summed E-state index contributed by atoms with van der Waals surface area (Å²) in [6, 6.07) is 7.04. The van der Waals surface area contributed by atoms with E-state index in [1.54, 1.807) is 12.3 Å². The van der Waals surface area contributed by atoms with Crippen LogP contribution in [0.1, 0.15) is 11.1 Å². The minimum absolute atomic E-state index is 0.360. The van der Waals surface area contributed by atoms with E-state index in [9.17, 15) is 13.2 Å². The fourth-order valence-electron chi connectivity index (χ4n) is 1.67. The van der Waals surface area contributed by atoms with Crippen molar-refractivity contribution in [3.8, 4) is 5.88 Å². The van der Waals surface area contributed by atoms with Crippen LogP contribution >= 0.6 is 15.9 Å². The lowest BCUT2D eigenvalue weighted by atomic mass is 10.2. The molecule has 0 aliphatic carbocycles. The Morgan fingerprint density at radius 1 is 1.24 bits per heavy atom. The third kappa shape index (κ3) is 4.10. The molecule has 2 rings (SSSR count). The topological polar surface area (TPSA) is 34.1 Å². The maximum atomic E-state index is 12.6. The first-order chi connectivity index (χ1) is 9.90. The summed E-state index contributed by atoms with van der Waals surface area (Å²) in [5.41, 5.74) is 0.785. The van der Waals surface area contributed by atoms with E-state index in [-0.39, 0.29) is 0 Å². The van der Waals surface area contributed by atoms with Crippen LogP contribution in [0.15, 0.2) is 41.0 Å². The number of hydrogen-bond donors (Lipinski definition) is 1. The monoisotopic (exact) mass is 360 g/mol. The number of hydrogen-bond acceptors (Lipinski definition) is 3. The number of alkyl halides is 3. The SMILES string of the molecule is COc1ccc(CNc2ccc(C(F)(F)F)cc2Br)cn1. The molecule has 0 saturated heterocycles. The Morgan fingerprint density at radius 2 is 2.00 bits per heavy atom. The number of rotatable bonds is 4. The zero-order chi connectivity index (χ0) is 15.5. The van der Waals surface area contributed by atoms with Gasteiger partial charge in [-0.3, -0.25) is 0 Å². The van der Waals surface area contributed by atoms with Crippen molar-refractivity contribution in [3.05, 3.63) is 52.1 Å². The Morgan fingerprint density at radius 3 is 2.52 bits per heavy atom. The molecule has 1 aromatic carbocycles. The molecule has 0 amide bonds. The highest BCUT2D eigenvalue weighted by Crippen LogP contribution is 2.34. The second-order valence-corrected chi connectivity index (χ2v) is 5.11. The van der Waals surface area contributed by atoms with Gasteiger partial charge in [-0.05, 0) is 39.7 Å². The zero-order valence-electron chi connectivity index (χ0n) is 11.0. The first-order valence-corrected chi connectivity index (χ1v) is 6.79. The molecule has 0 radical (unpaired) electrons. The van der Waals surface area contributed by atoms with Crippen molar-refractivity contribution in [2.45, 2.75) is 12.7 Å². The summed E-state index contributed by atoms with van der Waals surface area (Å²) in [5.74, 6) is 0.509. The molecule has 112 valence electrons. The number of pyridine rings is 1. The fraction of sp³-hybridized carbons (Fsp3) is 0.214. The maximum Gasteiger partial charge on any atom is 0.416 e. The van der Waals surface area contributed by atoms with Gasteiger partial charge in [0.15, 0.2) is 0 Å². The Hall–Kier alpha value is -1.76. The quantitative estimate of drug-likeness (QED) is 0.872. The van der Waals surface area contributed by atoms with Crippen molar-refractivity contribution in [2.24, 2.45) is 0 Å². The van der Waals surface area contributed by atoms with Crippen molar-refractivity contribution < 1.29 is 17.9 Å². The Kier molecular flexibility index (Phi) is 4.72. The largest absolute Gasteiger partial charge is 0.481 e. The van der Waals surface area contributed by atoms with E-state index < -0.39 is 11.7 Å². The van der Waals surface area contributed by atoms with Gasteiger partial charge in [-0.15, -0.1) is 0 Å². The second kappa shape index (κ2) is 6.34. The molecule has 1 N–H and O–H groups in total. The molecule has 2 aromatic rings. The molecule has 1 aromatic heterocycles. The number of benzene rings is 1. The van der Waals surface area contributed by atoms with E-state index in [4.69, 9.17) is 4.74 Å². The summed E-state index contributed by atoms with van der Waals surface area (Å²) >= 11 is 3.14. The molecule has 0 aliphatic heterocycles. The summed E-state index contributed by atoms with van der Waals surface area (Å²) in [7, 11) is 1.53. The van der Waals surface area contributed by atoms with Gasteiger partial charge in [0, 0.05) is 29.0 Å². The van der Waals surface area contributed by atoms with Gasteiger partial charge in [0.2, 0.25) is 5.88 Å². The Bertz CT molecular complexity index is 615. The van der Waals surface area contributed by atoms with Gasteiger partial charge < -0.3 is 10.1 Å². The lowest BCUT2D eigenvalue weighted by molar-refractivity contribution is -0.137. The summed E-state index contributed by atoms with van der Waals surface area (Å²) in [4.78, 5) is 4.06. The number of halogens is 4. The predicted octanol–water partition coefficient (Wildman–Crippen LogP) is 4.48. The Balaban J connectivity index is 2.06. The van der Waals surface area contributed by atoms with Gasteiger partial charge in [0.1, 0.15) is 0 Å². The van der Waals surface area contributed by atoms with Gasteiger partial charge in [-0.1, -0.05) is 6.07 Å². The highest BCUT2D eigenvalue weighted by atomic mass is 79.9. The summed E-state index contributed by atoms with van der Waals surface area (Å²) in [5, 5.41) is 3.05. The van der Waals surface area contributed by atoms with Gasteiger partial charge in [0.05, 0.1) is 12.7 Å². The first-order valence-electron chi connectivity index (χ1n) is 5.99. The number of anilines is 1. The van der Waals surface area contributed by atoms with Crippen LogP contribution in [0.25, 0.3) is 0 Å². The van der Waals surface area contributed by atoms with Crippen molar-refractivity contribution in [1.29, 1.82) is 0 Å². The minimum Gasteiger partial charge on any atom is -0.481 e. The normalized spacial score (nSPS) is 11.3. The van der Waals surface area contributed by atoms with Crippen LogP contribution in [-0.2, 0) is 12.7 Å². The predicted molar refractivity (Wildman–Crippen MR) is 77.3 cm³/mol. The second-order valence-electron chi connectivity index (χ2n) is 4.25. The van der Waals surface area contributed by atoms with E-state index >= 15 is 0 Å². The minimum atomic E-state index is -4.35. The molecule has 7 heteroatoms. The number of nitrogens with one attached hydrogen (secondary N) is 1. The average Bonchev–Trinajstić information content (AvgIpc) is 2.45. The van der Waals surface area contributed by atoms with Crippen LogP contribution < -0.4 is 10.1 Å². The molecular weight excluding hydrogens is 349 g/mol. The van der Waals surface area contributed by atoms with E-state index in [0.717, 1.165) is 17.7 Å². The van der Waals surface area contributed by atoms with Gasteiger partial charge >= 0.3 is 6.18 Å². The molecule has 21 heavy (non-hydrogen) atoms. The van der Waals surface area contributed by atoms with E-state index in [1.807, 2.05) is 6.07 Å². The highest BCUT2D eigenvalue weighted by molar-refractivity contribution is 9.10. The van der Waals surface area contributed by atoms with Crippen molar-refractivity contribution in [1.82, 2.24) is 4.98 Å². The lowest BCUT2D eigenvalue weighted by Gasteiger charge is -2.12. The standard InChI is InChI=1S/C14H12BrF3N2O/c1-21-13-5-2-9(8-20-13)7-19-12-4-3-10(6-11(12)15)14(16,17)18/h2-6,8,19H,7H2,1H3. The van der Waals surface area contributed by atoms with Crippen LogP contribution in [0, 0.1) is 0 Å². The summed E-state index contributed by atoms with van der Waals surface area (Å²) < 4.78 is 43.0. The number of nitrogens with zero attached hydrogens (tertiary/aromatic N) is 1. The van der Waals surface area contributed by atoms with E-state index in [1.165, 1.54) is 13.2 Å². The third-order valence-corrected chi connectivity index (χ3v) is 3.44. The van der Waals surface area contributed by atoms with Crippen molar-refractivity contribution in [3.63, 3.8) is 0 Å². The van der Waals surface area contributed by atoms with Crippen molar-refractivity contribution in [2.75, 3.05) is 12.4 Å². The van der Waals surface area contributed by atoms with Crippen LogP contribution in [0.2, 0.25) is 0 Å². The number of ether oxygens (including phenoxy) is 1. The van der Waals surface area contributed by atoms with Crippen LogP contribution in [0.4, 0.5) is 18.9 Å². The molecule has 0 saturated carbocycles. The average molecular weight is 361 g/mol. The van der Waals surface area contributed by atoms with Crippen molar-refractivity contribution >= 4 is 21.6 Å². The van der Waals surface area contributed by atoms with E-state index in [2.05, 4.69) is 26.2 Å². The smallest absolute Gasteiger partial charge is 0.416 e. The van der Waals surface area contributed by atoms with Gasteiger partial charge in [-0.2, -0.15) is 13.2 Å². The molecule has 0 fully saturated rings. The molecular formula is C14H12BrF3N2O. The zero-order valence-corrected chi connectivity index (χ0v) is 12.6. The van der Waals surface area contributed by atoms with Crippen LogP contribution in [-0.4, -0.2) is 12.1 Å². The maximum absolute atomic E-state index is 12.6. The summed E-state index contributed by atoms with van der Waals surface area (Å²) in [6.07, 6.45) is -2.70. The molecule has 0 spiro atoms. The first kappa shape index (κ1) is 15.6. The van der Waals surface area contributed by atoms with Crippen LogP contribution in [0.3, 0.4) is 0 Å². The highest BCUT2D eigenvalue weighted by Gasteiger charge is 2.30. The molecule has 0 atom stereocenters. The van der Waals surface area contributed by atoms with Gasteiger partial charge in [0.25, 0.3) is 0 Å². The third-order valence-electron chi connectivity index (χ3n) is 2.79. The van der Waals surface area contributed by atoms with E-state index in [0.29, 0.717) is 22.6 Å². The fourth-order valence-corrected chi connectivity index (χ4v) is 2.19. The van der Waals surface area contributed by atoms with Gasteiger partial charge in [-0.25, -0.2) is 4.98 Å². The molecule has 0 aliphatic rings. The Labute approximate surface area is 128 Å². The number of aromatic nitrogens is 1. The summed E-state index contributed by atoms with van der Waals surface area (Å²) in [6.45, 7) is 0.445. The number of methoxy groups -OCH3 is 1. The van der Waals surface area contributed by atoms with Crippen LogP contribution in [0.5, 0.6) is 5.88 Å². The molecule has 0 bridgehead atoms. The lowest BCUT2D eigenvalue weighted by Crippen LogP contribution is -2.06. The molecule has 0 unspecified atom stereocenters.